The van der Waals surface area contributed by atoms with E-state index in [0.29, 0.717) is 24.4 Å². The van der Waals surface area contributed by atoms with Crippen molar-refractivity contribution >= 4 is 17.5 Å². The van der Waals surface area contributed by atoms with E-state index in [2.05, 4.69) is 5.32 Å². The number of amides is 2. The first-order chi connectivity index (χ1) is 16.0. The van der Waals surface area contributed by atoms with Crippen molar-refractivity contribution in [1.82, 2.24) is 10.2 Å². The third kappa shape index (κ3) is 7.19. The molecule has 3 aromatic rings. The van der Waals surface area contributed by atoms with Gasteiger partial charge in [0.25, 0.3) is 5.91 Å². The van der Waals surface area contributed by atoms with E-state index >= 15 is 0 Å². The largest absolute Gasteiger partial charge is 0.497 e. The summed E-state index contributed by atoms with van der Waals surface area (Å²) in [7, 11) is 5.52. The van der Waals surface area contributed by atoms with E-state index in [0.717, 1.165) is 23.4 Å². The van der Waals surface area contributed by atoms with E-state index in [-0.39, 0.29) is 18.2 Å². The molecule has 0 unspecified atom stereocenters. The van der Waals surface area contributed by atoms with E-state index in [1.165, 1.54) is 0 Å². The Morgan fingerprint density at radius 1 is 0.879 bits per heavy atom. The molecule has 3 rings (SSSR count). The molecule has 0 aromatic heterocycles. The van der Waals surface area contributed by atoms with Gasteiger partial charge < -0.3 is 19.9 Å². The molecule has 1 N–H and O–H groups in total. The molecule has 33 heavy (non-hydrogen) atoms. The molecule has 0 aliphatic carbocycles. The van der Waals surface area contributed by atoms with Crippen LogP contribution < -0.4 is 15.0 Å². The van der Waals surface area contributed by atoms with Gasteiger partial charge in [0.15, 0.2) is 0 Å². The molecular formula is C27H31N3O3. The number of ether oxygens (including phenoxy) is 1. The molecule has 0 bridgehead atoms. The molecule has 6 heteroatoms. The summed E-state index contributed by atoms with van der Waals surface area (Å²) in [4.78, 5) is 29.7. The third-order valence-corrected chi connectivity index (χ3v) is 5.21. The normalized spacial score (nSPS) is 10.7. The first-order valence-electron chi connectivity index (χ1n) is 11.0. The maximum atomic E-state index is 13.5. The van der Waals surface area contributed by atoms with Crippen LogP contribution in [0.1, 0.15) is 21.5 Å². The molecule has 0 aliphatic rings. The van der Waals surface area contributed by atoms with Crippen LogP contribution in [-0.2, 0) is 17.8 Å². The van der Waals surface area contributed by atoms with Crippen molar-refractivity contribution in [2.24, 2.45) is 0 Å². The SMILES string of the molecule is COc1cccc(C(=O)N(Cc2ccccc2)c2cccc(CC(=O)NCCN(C)C)c2)c1. The molecule has 0 atom stereocenters. The van der Waals surface area contributed by atoms with E-state index in [9.17, 15) is 9.59 Å². The summed E-state index contributed by atoms with van der Waals surface area (Å²) >= 11 is 0. The highest BCUT2D eigenvalue weighted by atomic mass is 16.5. The van der Waals surface area contributed by atoms with Gasteiger partial charge in [0.2, 0.25) is 5.91 Å². The molecule has 0 radical (unpaired) electrons. The number of hydrogen-bond donors (Lipinski definition) is 1. The number of nitrogens with zero attached hydrogens (tertiary/aromatic N) is 2. The van der Waals surface area contributed by atoms with Gasteiger partial charge in [0.05, 0.1) is 20.1 Å². The van der Waals surface area contributed by atoms with Gasteiger partial charge >= 0.3 is 0 Å². The lowest BCUT2D eigenvalue weighted by molar-refractivity contribution is -0.120. The maximum absolute atomic E-state index is 13.5. The van der Waals surface area contributed by atoms with Crippen molar-refractivity contribution in [3.8, 4) is 5.75 Å². The Hall–Kier alpha value is -3.64. The topological polar surface area (TPSA) is 61.9 Å². The Balaban J connectivity index is 1.85. The van der Waals surface area contributed by atoms with Crippen LogP contribution in [0.15, 0.2) is 78.9 Å². The minimum absolute atomic E-state index is 0.0391. The highest BCUT2D eigenvalue weighted by molar-refractivity contribution is 6.06. The average molecular weight is 446 g/mol. The molecule has 0 aliphatic heterocycles. The number of methoxy groups -OCH3 is 1. The van der Waals surface area contributed by atoms with E-state index in [4.69, 9.17) is 4.74 Å². The molecule has 2 amide bonds. The standard InChI is InChI=1S/C27H31N3O3/c1-29(2)16-15-28-26(31)18-22-11-7-13-24(17-22)30(20-21-9-5-4-6-10-21)27(32)23-12-8-14-25(19-23)33-3/h4-14,17,19H,15-16,18,20H2,1-3H3,(H,28,31). The Morgan fingerprint density at radius 2 is 1.61 bits per heavy atom. The number of nitrogens with one attached hydrogen (secondary N) is 1. The van der Waals surface area contributed by atoms with Crippen molar-refractivity contribution in [1.29, 1.82) is 0 Å². The van der Waals surface area contributed by atoms with Crippen LogP contribution in [0.5, 0.6) is 5.75 Å². The Bertz CT molecular complexity index is 1070. The number of anilines is 1. The second-order valence-electron chi connectivity index (χ2n) is 8.11. The number of carbonyl (C=O) groups is 2. The number of likely N-dealkylation sites (N-methyl/N-ethyl adjacent to an activating group) is 1. The monoisotopic (exact) mass is 445 g/mol. The maximum Gasteiger partial charge on any atom is 0.258 e. The summed E-state index contributed by atoms with van der Waals surface area (Å²) in [5.74, 6) is 0.455. The first kappa shape index (κ1) is 24.0. The van der Waals surface area contributed by atoms with Gasteiger partial charge in [0.1, 0.15) is 5.75 Å². The quantitative estimate of drug-likeness (QED) is 0.516. The van der Waals surface area contributed by atoms with Gasteiger partial charge in [-0.15, -0.1) is 0 Å². The fourth-order valence-electron chi connectivity index (χ4n) is 3.46. The molecule has 3 aromatic carbocycles. The predicted molar refractivity (Wildman–Crippen MR) is 132 cm³/mol. The van der Waals surface area contributed by atoms with Crippen LogP contribution in [0.25, 0.3) is 0 Å². The zero-order valence-corrected chi connectivity index (χ0v) is 19.5. The van der Waals surface area contributed by atoms with Crippen LogP contribution in [0.3, 0.4) is 0 Å². The number of carbonyl (C=O) groups excluding carboxylic acids is 2. The predicted octanol–water partition coefficient (Wildman–Crippen LogP) is 3.76. The van der Waals surface area contributed by atoms with Crippen molar-refractivity contribution in [3.05, 3.63) is 95.6 Å². The molecule has 0 fully saturated rings. The summed E-state index contributed by atoms with van der Waals surface area (Å²) in [5.41, 5.74) is 3.15. The van der Waals surface area contributed by atoms with Gasteiger partial charge in [-0.2, -0.15) is 0 Å². The molecule has 6 nitrogen and oxygen atoms in total. The van der Waals surface area contributed by atoms with Crippen molar-refractivity contribution in [3.63, 3.8) is 0 Å². The van der Waals surface area contributed by atoms with Gasteiger partial charge in [-0.05, 0) is 55.6 Å². The molecule has 0 heterocycles. The molecule has 0 saturated carbocycles. The minimum Gasteiger partial charge on any atom is -0.497 e. The van der Waals surface area contributed by atoms with Gasteiger partial charge in [-0.3, -0.25) is 9.59 Å². The minimum atomic E-state index is -0.134. The zero-order valence-electron chi connectivity index (χ0n) is 19.5. The molecule has 0 saturated heterocycles. The fraction of sp³-hybridized carbons (Fsp3) is 0.259. The smallest absolute Gasteiger partial charge is 0.258 e. The zero-order chi connectivity index (χ0) is 23.6. The molecular weight excluding hydrogens is 414 g/mol. The van der Waals surface area contributed by atoms with Crippen LogP contribution in [-0.4, -0.2) is 51.0 Å². The summed E-state index contributed by atoms with van der Waals surface area (Å²) in [6, 6.07) is 24.6. The van der Waals surface area contributed by atoms with E-state index < -0.39 is 0 Å². The third-order valence-electron chi connectivity index (χ3n) is 5.21. The molecule has 0 spiro atoms. The van der Waals surface area contributed by atoms with Crippen LogP contribution in [0.4, 0.5) is 5.69 Å². The van der Waals surface area contributed by atoms with Gasteiger partial charge in [-0.1, -0.05) is 48.5 Å². The fourth-order valence-corrected chi connectivity index (χ4v) is 3.46. The Morgan fingerprint density at radius 3 is 2.33 bits per heavy atom. The second-order valence-corrected chi connectivity index (χ2v) is 8.11. The summed E-state index contributed by atoms with van der Waals surface area (Å²) in [5, 5.41) is 2.94. The number of rotatable bonds is 10. The van der Waals surface area contributed by atoms with Gasteiger partial charge in [0, 0.05) is 24.3 Å². The number of benzene rings is 3. The van der Waals surface area contributed by atoms with Crippen molar-refractivity contribution in [2.45, 2.75) is 13.0 Å². The van der Waals surface area contributed by atoms with Crippen LogP contribution >= 0.6 is 0 Å². The van der Waals surface area contributed by atoms with Gasteiger partial charge in [-0.25, -0.2) is 0 Å². The molecule has 172 valence electrons. The average Bonchev–Trinajstić information content (AvgIpc) is 2.82. The van der Waals surface area contributed by atoms with Crippen LogP contribution in [0.2, 0.25) is 0 Å². The lowest BCUT2D eigenvalue weighted by Crippen LogP contribution is -2.32. The highest BCUT2D eigenvalue weighted by Crippen LogP contribution is 2.23. The Kier molecular flexibility index (Phi) is 8.61. The second kappa shape index (κ2) is 11.8. The summed E-state index contributed by atoms with van der Waals surface area (Å²) in [6.07, 6.45) is 0.258. The summed E-state index contributed by atoms with van der Waals surface area (Å²) in [6.45, 7) is 1.79. The Labute approximate surface area is 195 Å². The first-order valence-corrected chi connectivity index (χ1v) is 11.0. The lowest BCUT2D eigenvalue weighted by Gasteiger charge is -2.24. The van der Waals surface area contributed by atoms with E-state index in [1.807, 2.05) is 79.7 Å². The van der Waals surface area contributed by atoms with E-state index in [1.54, 1.807) is 30.2 Å². The van der Waals surface area contributed by atoms with Crippen LogP contribution in [0, 0.1) is 0 Å². The highest BCUT2D eigenvalue weighted by Gasteiger charge is 2.19. The van der Waals surface area contributed by atoms with Crippen molar-refractivity contribution in [2.75, 3.05) is 39.2 Å². The summed E-state index contributed by atoms with van der Waals surface area (Å²) < 4.78 is 5.30. The lowest BCUT2D eigenvalue weighted by atomic mass is 10.1. The van der Waals surface area contributed by atoms with Crippen molar-refractivity contribution < 1.29 is 14.3 Å². The number of hydrogen-bond acceptors (Lipinski definition) is 4.